The molecule has 0 N–H and O–H groups in total. The molecule has 124 valence electrons. The molecule has 1 heterocycles. The van der Waals surface area contributed by atoms with Gasteiger partial charge in [0.15, 0.2) is 0 Å². The molecular weight excluding hydrogens is 360 g/mol. The van der Waals surface area contributed by atoms with E-state index in [9.17, 15) is 18.5 Å². The Hall–Kier alpha value is -1.48. The number of benzene rings is 1. The molecule has 1 aromatic carbocycles. The van der Waals surface area contributed by atoms with Crippen molar-refractivity contribution in [2.75, 3.05) is 6.54 Å². The first-order valence-corrected chi connectivity index (χ1v) is 9.39. The van der Waals surface area contributed by atoms with Gasteiger partial charge in [0.05, 0.1) is 14.2 Å². The minimum atomic E-state index is -3.83. The second-order valence-corrected chi connectivity index (χ2v) is 8.50. The number of sulfonamides is 1. The van der Waals surface area contributed by atoms with Crippen molar-refractivity contribution in [3.05, 3.63) is 55.2 Å². The highest BCUT2D eigenvalue weighted by atomic mass is 35.5. The van der Waals surface area contributed by atoms with Crippen LogP contribution in [-0.4, -0.2) is 24.2 Å². The van der Waals surface area contributed by atoms with Crippen LogP contribution in [0.4, 0.5) is 5.69 Å². The number of halogens is 1. The predicted molar refractivity (Wildman–Crippen MR) is 90.4 cm³/mol. The van der Waals surface area contributed by atoms with Gasteiger partial charge in [-0.05, 0) is 25.1 Å². The number of nitrogens with zero attached hydrogens (tertiary/aromatic N) is 2. The highest BCUT2D eigenvalue weighted by Crippen LogP contribution is 2.29. The van der Waals surface area contributed by atoms with Crippen LogP contribution in [0.15, 0.2) is 35.2 Å². The fraction of sp³-hybridized carbons (Fsp3) is 0.286. The molecule has 0 bridgehead atoms. The first-order valence-electron chi connectivity index (χ1n) is 6.75. The third-order valence-corrected chi connectivity index (χ3v) is 6.66. The Morgan fingerprint density at radius 3 is 2.52 bits per heavy atom. The molecule has 0 amide bonds. The molecule has 2 aromatic rings. The van der Waals surface area contributed by atoms with Crippen LogP contribution in [0.3, 0.4) is 0 Å². The molecule has 0 fully saturated rings. The second kappa shape index (κ2) is 6.96. The van der Waals surface area contributed by atoms with E-state index < -0.39 is 14.9 Å². The summed E-state index contributed by atoms with van der Waals surface area (Å²) in [6.45, 7) is 3.60. The number of nitro benzene ring substituents is 1. The number of thiophene rings is 1. The molecule has 0 unspecified atom stereocenters. The van der Waals surface area contributed by atoms with Crippen molar-refractivity contribution in [2.45, 2.75) is 25.3 Å². The molecule has 0 radical (unpaired) electrons. The summed E-state index contributed by atoms with van der Waals surface area (Å²) in [5.74, 6) is 0. The van der Waals surface area contributed by atoms with Gasteiger partial charge in [0.2, 0.25) is 10.0 Å². The smallest absolute Gasteiger partial charge is 0.258 e. The van der Waals surface area contributed by atoms with Crippen molar-refractivity contribution in [2.24, 2.45) is 0 Å². The average molecular weight is 375 g/mol. The lowest BCUT2D eigenvalue weighted by atomic mass is 10.2. The highest BCUT2D eigenvalue weighted by Gasteiger charge is 2.28. The number of hydrogen-bond acceptors (Lipinski definition) is 5. The fourth-order valence-electron chi connectivity index (χ4n) is 2.20. The zero-order valence-corrected chi connectivity index (χ0v) is 14.9. The summed E-state index contributed by atoms with van der Waals surface area (Å²) in [6.07, 6.45) is 0. The molecule has 6 nitrogen and oxygen atoms in total. The Kier molecular flexibility index (Phi) is 5.41. The second-order valence-electron chi connectivity index (χ2n) is 4.79. The molecule has 0 saturated heterocycles. The van der Waals surface area contributed by atoms with Crippen LogP contribution in [0, 0.1) is 17.0 Å². The quantitative estimate of drug-likeness (QED) is 0.568. The normalized spacial score (nSPS) is 11.8. The Labute approximate surface area is 143 Å². The van der Waals surface area contributed by atoms with E-state index in [1.54, 1.807) is 19.1 Å². The Balaban J connectivity index is 2.43. The lowest BCUT2D eigenvalue weighted by Crippen LogP contribution is -2.30. The van der Waals surface area contributed by atoms with Crippen molar-refractivity contribution >= 4 is 38.6 Å². The van der Waals surface area contributed by atoms with Crippen LogP contribution in [0.1, 0.15) is 17.4 Å². The molecule has 0 aliphatic rings. The van der Waals surface area contributed by atoms with E-state index in [1.807, 2.05) is 0 Å². The summed E-state index contributed by atoms with van der Waals surface area (Å²) in [7, 11) is -3.83. The van der Waals surface area contributed by atoms with Gasteiger partial charge in [0.25, 0.3) is 5.69 Å². The molecule has 1 aromatic heterocycles. The molecule has 0 aliphatic carbocycles. The first-order chi connectivity index (χ1) is 10.8. The van der Waals surface area contributed by atoms with Crippen LogP contribution >= 0.6 is 22.9 Å². The van der Waals surface area contributed by atoms with Gasteiger partial charge in [-0.3, -0.25) is 10.1 Å². The molecule has 2 rings (SSSR count). The van der Waals surface area contributed by atoms with Gasteiger partial charge in [0.1, 0.15) is 0 Å². The van der Waals surface area contributed by atoms with Gasteiger partial charge in [0, 0.05) is 29.6 Å². The van der Waals surface area contributed by atoms with Crippen molar-refractivity contribution < 1.29 is 13.3 Å². The van der Waals surface area contributed by atoms with E-state index in [0.717, 1.165) is 4.88 Å². The van der Waals surface area contributed by atoms with E-state index in [-0.39, 0.29) is 29.2 Å². The van der Waals surface area contributed by atoms with Crippen molar-refractivity contribution in [3.8, 4) is 0 Å². The Morgan fingerprint density at radius 2 is 2.00 bits per heavy atom. The number of hydrogen-bond donors (Lipinski definition) is 0. The van der Waals surface area contributed by atoms with E-state index >= 15 is 0 Å². The monoisotopic (exact) mass is 374 g/mol. The SMILES string of the molecule is CCN(Cc1ccc(Cl)s1)S(=O)(=O)c1cccc([N+](=O)[O-])c1C. The fourth-order valence-corrected chi connectivity index (χ4v) is 5.05. The zero-order valence-electron chi connectivity index (χ0n) is 12.5. The zero-order chi connectivity index (χ0) is 17.2. The minimum Gasteiger partial charge on any atom is -0.258 e. The third-order valence-electron chi connectivity index (χ3n) is 3.38. The van der Waals surface area contributed by atoms with Crippen LogP contribution < -0.4 is 0 Å². The molecule has 0 saturated carbocycles. The summed E-state index contributed by atoms with van der Waals surface area (Å²) >= 11 is 7.18. The summed E-state index contributed by atoms with van der Waals surface area (Å²) in [5, 5.41) is 11.0. The van der Waals surface area contributed by atoms with Crippen molar-refractivity contribution in [3.63, 3.8) is 0 Å². The minimum absolute atomic E-state index is 0.0452. The van der Waals surface area contributed by atoms with Gasteiger partial charge in [-0.25, -0.2) is 8.42 Å². The van der Waals surface area contributed by atoms with Gasteiger partial charge in [-0.2, -0.15) is 4.31 Å². The molecule has 0 spiro atoms. The van der Waals surface area contributed by atoms with Crippen molar-refractivity contribution in [1.82, 2.24) is 4.31 Å². The van der Waals surface area contributed by atoms with Gasteiger partial charge >= 0.3 is 0 Å². The summed E-state index contributed by atoms with van der Waals surface area (Å²) in [4.78, 5) is 11.2. The summed E-state index contributed by atoms with van der Waals surface area (Å²) in [6, 6.07) is 7.55. The first kappa shape index (κ1) is 17.9. The summed E-state index contributed by atoms with van der Waals surface area (Å²) in [5.41, 5.74) is -0.0681. The van der Waals surface area contributed by atoms with Gasteiger partial charge < -0.3 is 0 Å². The van der Waals surface area contributed by atoms with Crippen LogP contribution in [-0.2, 0) is 16.6 Å². The Bertz CT molecular complexity index is 833. The van der Waals surface area contributed by atoms with Gasteiger partial charge in [-0.1, -0.05) is 24.6 Å². The van der Waals surface area contributed by atoms with Crippen LogP contribution in [0.25, 0.3) is 0 Å². The predicted octanol–water partition coefficient (Wildman–Crippen LogP) is 3.83. The van der Waals surface area contributed by atoms with Crippen LogP contribution in [0.2, 0.25) is 4.34 Å². The van der Waals surface area contributed by atoms with Crippen molar-refractivity contribution in [1.29, 1.82) is 0 Å². The molecule has 0 aliphatic heterocycles. The van der Waals surface area contributed by atoms with Gasteiger partial charge in [-0.15, -0.1) is 11.3 Å². The van der Waals surface area contributed by atoms with E-state index in [0.29, 0.717) is 4.34 Å². The van der Waals surface area contributed by atoms with E-state index in [4.69, 9.17) is 11.6 Å². The third kappa shape index (κ3) is 3.72. The molecule has 9 heteroatoms. The Morgan fingerprint density at radius 1 is 1.30 bits per heavy atom. The molecule has 23 heavy (non-hydrogen) atoms. The summed E-state index contributed by atoms with van der Waals surface area (Å²) < 4.78 is 27.6. The topological polar surface area (TPSA) is 80.5 Å². The standard InChI is InChI=1S/C14H15ClN2O4S2/c1-3-16(9-11-7-8-14(15)22-11)23(20,21)13-6-4-5-12(10(13)2)17(18)19/h4-8H,3,9H2,1-2H3. The van der Waals surface area contributed by atoms with Crippen LogP contribution in [0.5, 0.6) is 0 Å². The molecule has 0 atom stereocenters. The largest absolute Gasteiger partial charge is 0.273 e. The maximum Gasteiger partial charge on any atom is 0.273 e. The van der Waals surface area contributed by atoms with E-state index in [2.05, 4.69) is 0 Å². The molecular formula is C14H15ClN2O4S2. The lowest BCUT2D eigenvalue weighted by molar-refractivity contribution is -0.385. The maximum absolute atomic E-state index is 12.8. The number of nitro groups is 1. The lowest BCUT2D eigenvalue weighted by Gasteiger charge is -2.20. The van der Waals surface area contributed by atoms with E-state index in [1.165, 1.54) is 40.8 Å². The average Bonchev–Trinajstić information content (AvgIpc) is 2.89. The number of rotatable bonds is 6. The highest BCUT2D eigenvalue weighted by molar-refractivity contribution is 7.89. The maximum atomic E-state index is 12.8.